The second kappa shape index (κ2) is 7.27. The van der Waals surface area contributed by atoms with E-state index >= 15 is 0 Å². The Morgan fingerprint density at radius 1 is 1.21 bits per heavy atom. The van der Waals surface area contributed by atoms with Gasteiger partial charge in [0.25, 0.3) is 11.8 Å². The summed E-state index contributed by atoms with van der Waals surface area (Å²) in [4.78, 5) is 29.8. The average Bonchev–Trinajstić information content (AvgIpc) is 3.24. The van der Waals surface area contributed by atoms with E-state index in [4.69, 9.17) is 12.2 Å². The molecule has 0 aliphatic carbocycles. The first-order valence-electron chi connectivity index (χ1n) is 9.25. The fourth-order valence-electron chi connectivity index (χ4n) is 3.86. The number of carbonyl (C=O) groups is 2. The lowest BCUT2D eigenvalue weighted by Crippen LogP contribution is -2.39. The number of hydrogen-bond acceptors (Lipinski definition) is 6. The lowest BCUT2D eigenvalue weighted by molar-refractivity contribution is -0.123. The van der Waals surface area contributed by atoms with E-state index in [0.717, 1.165) is 35.9 Å². The van der Waals surface area contributed by atoms with Crippen LogP contribution in [0.1, 0.15) is 31.7 Å². The van der Waals surface area contributed by atoms with Crippen molar-refractivity contribution >= 4 is 61.2 Å². The van der Waals surface area contributed by atoms with Crippen LogP contribution in [0, 0.1) is 0 Å². The molecule has 28 heavy (non-hydrogen) atoms. The molecular formula is C19H20N2O4S3. The van der Waals surface area contributed by atoms with Gasteiger partial charge in [-0.2, -0.15) is 0 Å². The number of carbonyl (C=O) groups excluding carboxylic acids is 2. The average molecular weight is 437 g/mol. The molecule has 1 aromatic carbocycles. The number of para-hydroxylation sites is 1. The number of benzene rings is 1. The third kappa shape index (κ3) is 3.19. The van der Waals surface area contributed by atoms with Crippen LogP contribution >= 0.6 is 24.0 Å². The molecule has 0 aromatic heterocycles. The molecule has 148 valence electrons. The van der Waals surface area contributed by atoms with Gasteiger partial charge in [-0.1, -0.05) is 55.5 Å². The summed E-state index contributed by atoms with van der Waals surface area (Å²) in [5.74, 6) is -0.552. The van der Waals surface area contributed by atoms with E-state index < -0.39 is 15.9 Å². The van der Waals surface area contributed by atoms with Crippen LogP contribution in [0.5, 0.6) is 0 Å². The van der Waals surface area contributed by atoms with Crippen molar-refractivity contribution in [3.8, 4) is 0 Å². The lowest BCUT2D eigenvalue weighted by Gasteiger charge is -2.21. The predicted molar refractivity (Wildman–Crippen MR) is 115 cm³/mol. The number of fused-ring (bicyclic) bond motifs is 1. The summed E-state index contributed by atoms with van der Waals surface area (Å²) in [5, 5.41) is 0. The van der Waals surface area contributed by atoms with Crippen molar-refractivity contribution in [2.24, 2.45) is 0 Å². The topological polar surface area (TPSA) is 74.8 Å². The highest BCUT2D eigenvalue weighted by Crippen LogP contribution is 2.45. The number of sulfone groups is 1. The van der Waals surface area contributed by atoms with Gasteiger partial charge >= 0.3 is 0 Å². The normalized spacial score (nSPS) is 26.5. The van der Waals surface area contributed by atoms with Gasteiger partial charge in [-0.15, -0.1) is 0 Å². The van der Waals surface area contributed by atoms with E-state index in [2.05, 4.69) is 6.92 Å². The minimum atomic E-state index is -3.15. The second-order valence-corrected chi connectivity index (χ2v) is 11.0. The molecule has 2 amide bonds. The zero-order chi connectivity index (χ0) is 20.1. The Hall–Kier alpha value is -1.71. The highest BCUT2D eigenvalue weighted by molar-refractivity contribution is 8.26. The summed E-state index contributed by atoms with van der Waals surface area (Å²) >= 11 is 6.50. The monoisotopic (exact) mass is 436 g/mol. The van der Waals surface area contributed by atoms with Crippen LogP contribution in [-0.2, 0) is 19.4 Å². The quantitative estimate of drug-likeness (QED) is 0.534. The maximum Gasteiger partial charge on any atom is 0.267 e. The molecule has 2 saturated heterocycles. The first-order chi connectivity index (χ1) is 13.3. The summed E-state index contributed by atoms with van der Waals surface area (Å²) in [6, 6.07) is 7.02. The van der Waals surface area contributed by atoms with E-state index in [0.29, 0.717) is 27.8 Å². The van der Waals surface area contributed by atoms with Crippen LogP contribution in [-0.4, -0.2) is 53.5 Å². The molecule has 3 aliphatic rings. The smallest absolute Gasteiger partial charge is 0.267 e. The van der Waals surface area contributed by atoms with Gasteiger partial charge in [0.05, 0.1) is 33.7 Å². The number of hydrogen-bond donors (Lipinski definition) is 0. The fourth-order valence-corrected chi connectivity index (χ4v) is 7.03. The summed E-state index contributed by atoms with van der Waals surface area (Å²) in [7, 11) is -3.15. The van der Waals surface area contributed by atoms with Gasteiger partial charge in [0.1, 0.15) is 4.32 Å². The number of anilines is 1. The Labute approximate surface area is 173 Å². The van der Waals surface area contributed by atoms with Crippen molar-refractivity contribution in [2.75, 3.05) is 23.0 Å². The number of amides is 2. The minimum Gasteiger partial charge on any atom is -0.308 e. The van der Waals surface area contributed by atoms with Gasteiger partial charge in [0, 0.05) is 12.1 Å². The molecule has 3 aliphatic heterocycles. The van der Waals surface area contributed by atoms with Crippen LogP contribution in [0.2, 0.25) is 0 Å². The largest absolute Gasteiger partial charge is 0.308 e. The molecule has 2 fully saturated rings. The van der Waals surface area contributed by atoms with Crippen molar-refractivity contribution in [1.29, 1.82) is 0 Å². The summed E-state index contributed by atoms with van der Waals surface area (Å²) in [5.41, 5.74) is 1.93. The van der Waals surface area contributed by atoms with Crippen LogP contribution in [0.3, 0.4) is 0 Å². The maximum absolute atomic E-state index is 13.2. The van der Waals surface area contributed by atoms with Gasteiger partial charge < -0.3 is 4.90 Å². The van der Waals surface area contributed by atoms with E-state index in [1.54, 1.807) is 4.90 Å². The number of nitrogens with zero attached hydrogens (tertiary/aromatic N) is 2. The van der Waals surface area contributed by atoms with Crippen molar-refractivity contribution in [3.05, 3.63) is 34.7 Å². The Kier molecular flexibility index (Phi) is 5.09. The molecule has 0 N–H and O–H groups in total. The number of thiocarbonyl (C=S) groups is 1. The third-order valence-electron chi connectivity index (χ3n) is 5.26. The van der Waals surface area contributed by atoms with Crippen LogP contribution < -0.4 is 4.90 Å². The summed E-state index contributed by atoms with van der Waals surface area (Å²) in [6.07, 6.45) is 2.21. The van der Waals surface area contributed by atoms with E-state index in [1.165, 1.54) is 4.90 Å². The zero-order valence-corrected chi connectivity index (χ0v) is 17.8. The first kappa shape index (κ1) is 19.6. The van der Waals surface area contributed by atoms with Gasteiger partial charge in [-0.05, 0) is 18.9 Å². The zero-order valence-electron chi connectivity index (χ0n) is 15.4. The number of rotatable bonds is 4. The SMILES string of the molecule is CCCCN1C(=O)/C(=C2\SC(=S)N([C@@H]3CCS(=O)(=O)C3)C2=O)c2ccccc21. The van der Waals surface area contributed by atoms with Crippen molar-refractivity contribution in [2.45, 2.75) is 32.2 Å². The number of thioether (sulfide) groups is 1. The Morgan fingerprint density at radius 3 is 2.64 bits per heavy atom. The van der Waals surface area contributed by atoms with Gasteiger partial charge in [0.2, 0.25) is 0 Å². The Morgan fingerprint density at radius 2 is 1.96 bits per heavy atom. The fraction of sp³-hybridized carbons (Fsp3) is 0.421. The van der Waals surface area contributed by atoms with E-state index in [1.807, 2.05) is 24.3 Å². The Bertz CT molecular complexity index is 1020. The first-order valence-corrected chi connectivity index (χ1v) is 12.3. The molecule has 3 heterocycles. The second-order valence-electron chi connectivity index (χ2n) is 7.13. The molecule has 0 saturated carbocycles. The molecule has 6 nitrogen and oxygen atoms in total. The molecule has 9 heteroatoms. The lowest BCUT2D eigenvalue weighted by atomic mass is 10.1. The van der Waals surface area contributed by atoms with Gasteiger partial charge in [-0.3, -0.25) is 14.5 Å². The molecule has 1 atom stereocenters. The van der Waals surface area contributed by atoms with Crippen LogP contribution in [0.4, 0.5) is 5.69 Å². The highest BCUT2D eigenvalue weighted by Gasteiger charge is 2.46. The summed E-state index contributed by atoms with van der Waals surface area (Å²) in [6.45, 7) is 2.66. The van der Waals surface area contributed by atoms with Crippen LogP contribution in [0.15, 0.2) is 29.2 Å². The highest BCUT2D eigenvalue weighted by atomic mass is 32.2. The standard InChI is InChI=1S/C19H20N2O4S3/c1-2-3-9-20-14-7-5-4-6-13(14)15(17(20)22)16-18(23)21(19(26)27-16)12-8-10-28(24,25)11-12/h4-7,12H,2-3,8-11H2,1H3/b16-15-/t12-/m1/s1. The molecule has 4 rings (SSSR count). The molecular weight excluding hydrogens is 416 g/mol. The van der Waals surface area contributed by atoms with Gasteiger partial charge in [0.15, 0.2) is 9.84 Å². The van der Waals surface area contributed by atoms with E-state index in [9.17, 15) is 18.0 Å². The van der Waals surface area contributed by atoms with Crippen molar-refractivity contribution < 1.29 is 18.0 Å². The van der Waals surface area contributed by atoms with Crippen molar-refractivity contribution in [1.82, 2.24) is 4.90 Å². The molecule has 0 radical (unpaired) electrons. The third-order valence-corrected chi connectivity index (χ3v) is 8.41. The molecule has 0 spiro atoms. The summed E-state index contributed by atoms with van der Waals surface area (Å²) < 4.78 is 24.0. The maximum atomic E-state index is 13.2. The Balaban J connectivity index is 1.74. The van der Waals surface area contributed by atoms with Gasteiger partial charge in [-0.25, -0.2) is 8.42 Å². The predicted octanol–water partition coefficient (Wildman–Crippen LogP) is 2.59. The molecule has 0 unspecified atom stereocenters. The molecule has 0 bridgehead atoms. The number of unbranched alkanes of at least 4 members (excludes halogenated alkanes) is 1. The van der Waals surface area contributed by atoms with Crippen molar-refractivity contribution in [3.63, 3.8) is 0 Å². The van der Waals surface area contributed by atoms with Crippen LogP contribution in [0.25, 0.3) is 5.57 Å². The van der Waals surface area contributed by atoms with E-state index in [-0.39, 0.29) is 23.3 Å². The minimum absolute atomic E-state index is 0.0627. The molecule has 1 aromatic rings.